The van der Waals surface area contributed by atoms with Gasteiger partial charge in [-0.2, -0.15) is 0 Å². The first-order valence-electron chi connectivity index (χ1n) is 5.44. The highest BCUT2D eigenvalue weighted by atomic mass is 79.9. The third-order valence-electron chi connectivity index (χ3n) is 2.53. The summed E-state index contributed by atoms with van der Waals surface area (Å²) in [6.07, 6.45) is 1.70. The molecule has 0 amide bonds. The number of benzene rings is 1. The van der Waals surface area contributed by atoms with Crippen LogP contribution >= 0.6 is 31.9 Å². The molecule has 90 valence electrons. The van der Waals surface area contributed by atoms with Crippen molar-refractivity contribution in [2.45, 2.75) is 13.0 Å². The van der Waals surface area contributed by atoms with E-state index in [9.17, 15) is 0 Å². The maximum Gasteiger partial charge on any atom is 0.139 e. The zero-order valence-corrected chi connectivity index (χ0v) is 12.6. The molecular formula is C13H13Br2NO. The summed E-state index contributed by atoms with van der Waals surface area (Å²) in [4.78, 5) is 0. The number of rotatable bonds is 4. The maximum atomic E-state index is 5.56. The lowest BCUT2D eigenvalue weighted by Gasteiger charge is -2.18. The van der Waals surface area contributed by atoms with Gasteiger partial charge in [0.25, 0.3) is 0 Å². The lowest BCUT2D eigenvalue weighted by atomic mass is 10.0. The molecule has 1 heterocycles. The molecule has 0 aliphatic rings. The summed E-state index contributed by atoms with van der Waals surface area (Å²) < 4.78 is 7.62. The predicted molar refractivity (Wildman–Crippen MR) is 76.1 cm³/mol. The van der Waals surface area contributed by atoms with Crippen molar-refractivity contribution in [1.82, 2.24) is 5.32 Å². The highest BCUT2D eigenvalue weighted by Gasteiger charge is 2.20. The van der Waals surface area contributed by atoms with Crippen molar-refractivity contribution in [1.29, 1.82) is 0 Å². The molecule has 0 saturated carbocycles. The van der Waals surface area contributed by atoms with Gasteiger partial charge in [-0.05, 0) is 40.2 Å². The van der Waals surface area contributed by atoms with E-state index in [2.05, 4.69) is 50.2 Å². The van der Waals surface area contributed by atoms with Crippen molar-refractivity contribution in [3.8, 4) is 0 Å². The van der Waals surface area contributed by atoms with Crippen molar-refractivity contribution in [2.24, 2.45) is 0 Å². The quantitative estimate of drug-likeness (QED) is 0.870. The normalized spacial score (nSPS) is 12.6. The average molecular weight is 359 g/mol. The third kappa shape index (κ3) is 2.81. The lowest BCUT2D eigenvalue weighted by Crippen LogP contribution is -2.22. The molecule has 0 spiro atoms. The van der Waals surface area contributed by atoms with Crippen molar-refractivity contribution < 1.29 is 4.42 Å². The van der Waals surface area contributed by atoms with Gasteiger partial charge in [0.2, 0.25) is 0 Å². The second kappa shape index (κ2) is 5.85. The standard InChI is InChI=1S/C13H13Br2NO/c1-2-16-12(13-11(15)7-8-17-13)9-5-3-4-6-10(9)14/h3-8,12,16H,2H2,1H3. The molecule has 1 unspecified atom stereocenters. The van der Waals surface area contributed by atoms with Crippen LogP contribution in [0.25, 0.3) is 0 Å². The molecule has 0 radical (unpaired) electrons. The minimum Gasteiger partial charge on any atom is -0.466 e. The SMILES string of the molecule is CCNC(c1ccccc1Br)c1occc1Br. The lowest BCUT2D eigenvalue weighted by molar-refractivity contribution is 0.449. The zero-order valence-electron chi connectivity index (χ0n) is 9.41. The van der Waals surface area contributed by atoms with Crippen LogP contribution in [0.3, 0.4) is 0 Å². The van der Waals surface area contributed by atoms with Crippen LogP contribution in [0, 0.1) is 0 Å². The fraction of sp³-hybridized carbons (Fsp3) is 0.231. The Morgan fingerprint density at radius 2 is 1.94 bits per heavy atom. The largest absolute Gasteiger partial charge is 0.466 e. The van der Waals surface area contributed by atoms with Gasteiger partial charge in [0.05, 0.1) is 16.8 Å². The summed E-state index contributed by atoms with van der Waals surface area (Å²) in [5.74, 6) is 0.902. The van der Waals surface area contributed by atoms with Crippen LogP contribution in [0.2, 0.25) is 0 Å². The van der Waals surface area contributed by atoms with Crippen molar-refractivity contribution in [3.63, 3.8) is 0 Å². The van der Waals surface area contributed by atoms with E-state index in [-0.39, 0.29) is 6.04 Å². The summed E-state index contributed by atoms with van der Waals surface area (Å²) in [7, 11) is 0. The Morgan fingerprint density at radius 1 is 1.18 bits per heavy atom. The van der Waals surface area contributed by atoms with Crippen molar-refractivity contribution in [3.05, 3.63) is 56.9 Å². The molecule has 0 aliphatic heterocycles. The van der Waals surface area contributed by atoms with Crippen molar-refractivity contribution >= 4 is 31.9 Å². The van der Waals surface area contributed by atoms with Gasteiger partial charge in [0.1, 0.15) is 5.76 Å². The van der Waals surface area contributed by atoms with Gasteiger partial charge in [-0.1, -0.05) is 41.1 Å². The van der Waals surface area contributed by atoms with Crippen LogP contribution in [-0.4, -0.2) is 6.54 Å². The summed E-state index contributed by atoms with van der Waals surface area (Å²) in [5, 5.41) is 3.43. The van der Waals surface area contributed by atoms with E-state index in [1.807, 2.05) is 24.3 Å². The molecule has 2 aromatic rings. The molecule has 2 nitrogen and oxygen atoms in total. The first-order valence-corrected chi connectivity index (χ1v) is 7.03. The first kappa shape index (κ1) is 12.9. The van der Waals surface area contributed by atoms with Crippen LogP contribution in [0.1, 0.15) is 24.3 Å². The Hall–Kier alpha value is -0.580. The summed E-state index contributed by atoms with van der Waals surface area (Å²) in [5.41, 5.74) is 1.17. The molecule has 0 bridgehead atoms. The van der Waals surface area contributed by atoms with E-state index >= 15 is 0 Å². The number of nitrogens with one attached hydrogen (secondary N) is 1. The predicted octanol–water partition coefficient (Wildman–Crippen LogP) is 4.50. The molecule has 1 aromatic carbocycles. The van der Waals surface area contributed by atoms with Crippen LogP contribution in [0.4, 0.5) is 0 Å². The molecule has 4 heteroatoms. The Morgan fingerprint density at radius 3 is 2.53 bits per heavy atom. The monoisotopic (exact) mass is 357 g/mol. The Kier molecular flexibility index (Phi) is 4.42. The maximum absolute atomic E-state index is 5.56. The molecule has 0 saturated heterocycles. The molecule has 17 heavy (non-hydrogen) atoms. The van der Waals surface area contributed by atoms with E-state index < -0.39 is 0 Å². The van der Waals surface area contributed by atoms with Crippen LogP contribution in [0.15, 0.2) is 50.0 Å². The molecular weight excluding hydrogens is 346 g/mol. The van der Waals surface area contributed by atoms with Gasteiger partial charge < -0.3 is 9.73 Å². The summed E-state index contributed by atoms with van der Waals surface area (Å²) in [6, 6.07) is 10.1. The zero-order chi connectivity index (χ0) is 12.3. The molecule has 2 rings (SSSR count). The first-order chi connectivity index (χ1) is 8.24. The number of halogens is 2. The molecule has 0 aliphatic carbocycles. The van der Waals surface area contributed by atoms with Crippen molar-refractivity contribution in [2.75, 3.05) is 6.54 Å². The average Bonchev–Trinajstić information content (AvgIpc) is 2.74. The highest BCUT2D eigenvalue weighted by Crippen LogP contribution is 2.33. The van der Waals surface area contributed by atoms with E-state index in [1.54, 1.807) is 6.26 Å². The smallest absolute Gasteiger partial charge is 0.139 e. The molecule has 0 fully saturated rings. The van der Waals surface area contributed by atoms with Gasteiger partial charge in [0, 0.05) is 4.47 Å². The topological polar surface area (TPSA) is 25.2 Å². The summed E-state index contributed by atoms with van der Waals surface area (Å²) in [6.45, 7) is 2.96. The Balaban J connectivity index is 2.43. The van der Waals surface area contributed by atoms with Gasteiger partial charge in [0.15, 0.2) is 0 Å². The van der Waals surface area contributed by atoms with E-state index in [0.29, 0.717) is 0 Å². The Bertz CT molecular complexity index is 496. The van der Waals surface area contributed by atoms with E-state index in [4.69, 9.17) is 4.42 Å². The van der Waals surface area contributed by atoms with Gasteiger partial charge >= 0.3 is 0 Å². The second-order valence-corrected chi connectivity index (χ2v) is 5.35. The van der Waals surface area contributed by atoms with Crippen LogP contribution in [0.5, 0.6) is 0 Å². The van der Waals surface area contributed by atoms with Gasteiger partial charge in [-0.15, -0.1) is 0 Å². The number of hydrogen-bond donors (Lipinski definition) is 1. The highest BCUT2D eigenvalue weighted by molar-refractivity contribution is 9.10. The second-order valence-electron chi connectivity index (χ2n) is 3.64. The van der Waals surface area contributed by atoms with E-state index in [1.165, 1.54) is 5.56 Å². The fourth-order valence-electron chi connectivity index (χ4n) is 1.77. The summed E-state index contributed by atoms with van der Waals surface area (Å²) >= 11 is 7.09. The molecule has 1 aromatic heterocycles. The van der Waals surface area contributed by atoms with E-state index in [0.717, 1.165) is 21.3 Å². The molecule has 1 atom stereocenters. The van der Waals surface area contributed by atoms with Crippen LogP contribution < -0.4 is 5.32 Å². The minimum absolute atomic E-state index is 0.0555. The fourth-order valence-corrected chi connectivity index (χ4v) is 2.71. The van der Waals surface area contributed by atoms with Gasteiger partial charge in [-0.25, -0.2) is 0 Å². The minimum atomic E-state index is 0.0555. The molecule has 1 N–H and O–H groups in total. The van der Waals surface area contributed by atoms with Gasteiger partial charge in [-0.3, -0.25) is 0 Å². The number of hydrogen-bond acceptors (Lipinski definition) is 2. The third-order valence-corrected chi connectivity index (χ3v) is 3.91. The Labute approximate surface area is 118 Å². The number of furan rings is 1. The van der Waals surface area contributed by atoms with Crippen LogP contribution in [-0.2, 0) is 0 Å².